The number of esters is 1. The molecule has 136 valence electrons. The van der Waals surface area contributed by atoms with Crippen LogP contribution in [0.25, 0.3) is 10.9 Å². The number of benzene rings is 1. The number of hydrogen-bond donors (Lipinski definition) is 3. The van der Waals surface area contributed by atoms with Crippen molar-refractivity contribution in [2.24, 2.45) is 0 Å². The smallest absolute Gasteiger partial charge is 0.336 e. The molecule has 3 heterocycles. The Labute approximate surface area is 159 Å². The van der Waals surface area contributed by atoms with Crippen molar-refractivity contribution in [3.8, 4) is 0 Å². The minimum absolute atomic E-state index is 0.210. The number of nitrogens with one attached hydrogen (secondary N) is 3. The van der Waals surface area contributed by atoms with E-state index in [2.05, 4.69) is 20.3 Å². The lowest BCUT2D eigenvalue weighted by Crippen LogP contribution is -2.30. The molecule has 0 saturated carbocycles. The first-order valence-corrected chi connectivity index (χ1v) is 8.67. The molecule has 1 aliphatic rings. The van der Waals surface area contributed by atoms with E-state index in [1.165, 1.54) is 7.11 Å². The van der Waals surface area contributed by atoms with Crippen LogP contribution < -0.4 is 10.9 Å². The number of ether oxygens (including phenoxy) is 1. The van der Waals surface area contributed by atoms with E-state index >= 15 is 0 Å². The molecule has 1 unspecified atom stereocenters. The maximum Gasteiger partial charge on any atom is 0.336 e. The second-order valence-electron chi connectivity index (χ2n) is 6.24. The zero-order valence-corrected chi connectivity index (χ0v) is 15.4. The molecule has 0 spiro atoms. The van der Waals surface area contributed by atoms with E-state index in [1.807, 2.05) is 30.3 Å². The van der Waals surface area contributed by atoms with Gasteiger partial charge in [0.1, 0.15) is 5.82 Å². The molecule has 0 radical (unpaired) electrons. The summed E-state index contributed by atoms with van der Waals surface area (Å²) in [5.41, 5.74) is 2.63. The van der Waals surface area contributed by atoms with Crippen LogP contribution in [0, 0.1) is 4.77 Å². The summed E-state index contributed by atoms with van der Waals surface area (Å²) in [4.78, 5) is 35.2. The second-order valence-corrected chi connectivity index (χ2v) is 6.65. The topological polar surface area (TPSA) is 99.9 Å². The SMILES string of the molecule is COC(=O)C1=C(C)Nc2[nH]c(=S)[nH]c(=O)c2C1c1ccc2ncccc2c1. The van der Waals surface area contributed by atoms with Crippen LogP contribution >= 0.6 is 12.2 Å². The first-order chi connectivity index (χ1) is 13.0. The van der Waals surface area contributed by atoms with Gasteiger partial charge in [0.05, 0.1) is 29.7 Å². The molecule has 7 nitrogen and oxygen atoms in total. The molecule has 8 heteroatoms. The highest BCUT2D eigenvalue weighted by Crippen LogP contribution is 2.40. The fourth-order valence-electron chi connectivity index (χ4n) is 3.47. The summed E-state index contributed by atoms with van der Waals surface area (Å²) < 4.78 is 5.20. The molecule has 0 bridgehead atoms. The van der Waals surface area contributed by atoms with Crippen LogP contribution in [0.4, 0.5) is 5.82 Å². The van der Waals surface area contributed by atoms with Crippen molar-refractivity contribution in [3.05, 3.63) is 74.1 Å². The van der Waals surface area contributed by atoms with Gasteiger partial charge in [0.15, 0.2) is 4.77 Å². The predicted molar refractivity (Wildman–Crippen MR) is 104 cm³/mol. The Bertz CT molecular complexity index is 1230. The second kappa shape index (κ2) is 6.48. The number of anilines is 1. The number of carbonyl (C=O) groups is 1. The first-order valence-electron chi connectivity index (χ1n) is 8.27. The van der Waals surface area contributed by atoms with Gasteiger partial charge < -0.3 is 15.0 Å². The molecule has 1 aliphatic heterocycles. The van der Waals surface area contributed by atoms with Gasteiger partial charge in [-0.2, -0.15) is 0 Å². The molecular weight excluding hydrogens is 364 g/mol. The fourth-order valence-corrected chi connectivity index (χ4v) is 3.67. The van der Waals surface area contributed by atoms with E-state index in [0.717, 1.165) is 16.5 Å². The first kappa shape index (κ1) is 17.2. The highest BCUT2D eigenvalue weighted by molar-refractivity contribution is 7.71. The van der Waals surface area contributed by atoms with E-state index in [0.29, 0.717) is 22.7 Å². The number of carbonyl (C=O) groups excluding carboxylic acids is 1. The zero-order chi connectivity index (χ0) is 19.1. The summed E-state index contributed by atoms with van der Waals surface area (Å²) in [6, 6.07) is 9.45. The molecule has 0 amide bonds. The number of rotatable bonds is 2. The minimum atomic E-state index is -0.603. The Hall–Kier alpha value is -3.26. The number of pyridine rings is 1. The van der Waals surface area contributed by atoms with E-state index < -0.39 is 11.9 Å². The molecule has 0 saturated heterocycles. The predicted octanol–water partition coefficient (Wildman–Crippen LogP) is 2.99. The number of aromatic nitrogens is 3. The van der Waals surface area contributed by atoms with Crippen LogP contribution in [0.15, 0.2) is 52.6 Å². The molecular formula is C19H16N4O3S. The van der Waals surface area contributed by atoms with E-state index in [4.69, 9.17) is 17.0 Å². The molecule has 3 N–H and O–H groups in total. The molecule has 1 aromatic carbocycles. The fraction of sp³-hybridized carbons (Fsp3) is 0.158. The standard InChI is InChI=1S/C19H16N4O3S/c1-9-13(18(25)26-2)14(15-16(21-9)22-19(27)23-17(15)24)11-5-6-12-10(8-11)4-3-7-20-12/h3-8,14H,1-2H3,(H3,21,22,23,24,27). The quantitative estimate of drug-likeness (QED) is 0.467. The zero-order valence-electron chi connectivity index (χ0n) is 14.6. The Morgan fingerprint density at radius 3 is 2.85 bits per heavy atom. The molecule has 2 aromatic heterocycles. The third-order valence-corrected chi connectivity index (χ3v) is 4.84. The Kier molecular flexibility index (Phi) is 4.12. The van der Waals surface area contributed by atoms with Crippen molar-refractivity contribution in [2.45, 2.75) is 12.8 Å². The molecule has 1 atom stereocenters. The van der Waals surface area contributed by atoms with Crippen molar-refractivity contribution < 1.29 is 9.53 Å². The highest BCUT2D eigenvalue weighted by atomic mass is 32.1. The number of H-pyrrole nitrogens is 2. The van der Waals surface area contributed by atoms with Crippen molar-refractivity contribution in [2.75, 3.05) is 12.4 Å². The normalized spacial score (nSPS) is 16.0. The molecule has 4 rings (SSSR count). The number of fused-ring (bicyclic) bond motifs is 2. The van der Waals surface area contributed by atoms with Gasteiger partial charge in [-0.25, -0.2) is 4.79 Å². The van der Waals surface area contributed by atoms with Gasteiger partial charge in [0.25, 0.3) is 5.56 Å². The van der Waals surface area contributed by atoms with Crippen LogP contribution in [-0.4, -0.2) is 28.0 Å². The van der Waals surface area contributed by atoms with Gasteiger partial charge in [-0.3, -0.25) is 14.8 Å². The number of nitrogens with zero attached hydrogens (tertiary/aromatic N) is 1. The maximum absolute atomic E-state index is 12.7. The van der Waals surface area contributed by atoms with Gasteiger partial charge in [0, 0.05) is 17.3 Å². The number of hydrogen-bond acceptors (Lipinski definition) is 6. The van der Waals surface area contributed by atoms with Crippen LogP contribution in [-0.2, 0) is 9.53 Å². The van der Waals surface area contributed by atoms with E-state index in [1.54, 1.807) is 13.1 Å². The third kappa shape index (κ3) is 2.83. The van der Waals surface area contributed by atoms with Crippen molar-refractivity contribution >= 4 is 34.9 Å². The Morgan fingerprint density at radius 1 is 1.26 bits per heavy atom. The van der Waals surface area contributed by atoms with Crippen LogP contribution in [0.1, 0.15) is 24.0 Å². The number of methoxy groups -OCH3 is 1. The highest BCUT2D eigenvalue weighted by Gasteiger charge is 2.35. The summed E-state index contributed by atoms with van der Waals surface area (Å²) in [5.74, 6) is -0.622. The summed E-state index contributed by atoms with van der Waals surface area (Å²) in [5, 5.41) is 3.98. The lowest BCUT2D eigenvalue weighted by atomic mass is 9.82. The van der Waals surface area contributed by atoms with Crippen molar-refractivity contribution in [1.29, 1.82) is 0 Å². The van der Waals surface area contributed by atoms with Gasteiger partial charge >= 0.3 is 5.97 Å². The van der Waals surface area contributed by atoms with E-state index in [9.17, 15) is 9.59 Å². The van der Waals surface area contributed by atoms with E-state index in [-0.39, 0.29) is 10.3 Å². The Morgan fingerprint density at radius 2 is 2.07 bits per heavy atom. The molecule has 27 heavy (non-hydrogen) atoms. The monoisotopic (exact) mass is 380 g/mol. The average molecular weight is 380 g/mol. The molecule has 0 fully saturated rings. The minimum Gasteiger partial charge on any atom is -0.466 e. The number of aromatic amines is 2. The van der Waals surface area contributed by atoms with Gasteiger partial charge in [0.2, 0.25) is 0 Å². The van der Waals surface area contributed by atoms with Crippen LogP contribution in [0.3, 0.4) is 0 Å². The van der Waals surface area contributed by atoms with Gasteiger partial charge in [-0.05, 0) is 42.9 Å². The largest absolute Gasteiger partial charge is 0.466 e. The lowest BCUT2D eigenvalue weighted by molar-refractivity contribution is -0.136. The van der Waals surface area contributed by atoms with Crippen molar-refractivity contribution in [1.82, 2.24) is 15.0 Å². The van der Waals surface area contributed by atoms with Crippen LogP contribution in [0.2, 0.25) is 0 Å². The van der Waals surface area contributed by atoms with Crippen molar-refractivity contribution in [3.63, 3.8) is 0 Å². The average Bonchev–Trinajstić information content (AvgIpc) is 2.65. The number of allylic oxidation sites excluding steroid dienone is 1. The van der Waals surface area contributed by atoms with Crippen LogP contribution in [0.5, 0.6) is 0 Å². The summed E-state index contributed by atoms with van der Waals surface area (Å²) >= 11 is 5.08. The molecule has 3 aromatic rings. The summed E-state index contributed by atoms with van der Waals surface area (Å²) in [6.45, 7) is 1.77. The van der Waals surface area contributed by atoms with Gasteiger partial charge in [-0.1, -0.05) is 12.1 Å². The summed E-state index contributed by atoms with van der Waals surface area (Å²) in [6.07, 6.45) is 1.72. The maximum atomic E-state index is 12.7. The Balaban J connectivity index is 2.03. The van der Waals surface area contributed by atoms with Gasteiger partial charge in [-0.15, -0.1) is 0 Å². The molecule has 0 aliphatic carbocycles. The third-order valence-electron chi connectivity index (χ3n) is 4.64. The lowest BCUT2D eigenvalue weighted by Gasteiger charge is -2.28. The summed E-state index contributed by atoms with van der Waals surface area (Å²) in [7, 11) is 1.32.